The number of amides is 1. The molecule has 4 N–H and O–H groups in total. The molecule has 0 aliphatic rings. The smallest absolute Gasteiger partial charge is 0.404 e. The van der Waals surface area contributed by atoms with Crippen LogP contribution >= 0.6 is 0 Å². The Kier molecular flexibility index (Phi) is 7.29. The Morgan fingerprint density at radius 2 is 1.85 bits per heavy atom. The molecule has 142 valence electrons. The normalized spacial score (nSPS) is 12.8. The molecule has 1 amide bonds. The number of hydrogen-bond acceptors (Lipinski definition) is 3. The molecule has 0 aromatic heterocycles. The second-order valence-electron chi connectivity index (χ2n) is 6.08. The van der Waals surface area contributed by atoms with E-state index in [0.717, 1.165) is 29.3 Å². The Hall–Kier alpha value is -2.95. The summed E-state index contributed by atoms with van der Waals surface area (Å²) >= 11 is 0. The number of aliphatic hydroxyl groups is 1. The maximum absolute atomic E-state index is 13.3. The van der Waals surface area contributed by atoms with Gasteiger partial charge < -0.3 is 20.8 Å². The molecular weight excluding hydrogens is 354 g/mol. The van der Waals surface area contributed by atoms with E-state index < -0.39 is 29.9 Å². The summed E-state index contributed by atoms with van der Waals surface area (Å²) < 4.78 is 26.7. The Balaban J connectivity index is 1.98. The van der Waals surface area contributed by atoms with Crippen molar-refractivity contribution in [3.05, 3.63) is 70.8 Å². The highest BCUT2D eigenvalue weighted by Crippen LogP contribution is 2.12. The third-order valence-electron chi connectivity index (χ3n) is 3.93. The van der Waals surface area contributed by atoms with Gasteiger partial charge in [0.1, 0.15) is 11.6 Å². The first-order valence-corrected chi connectivity index (χ1v) is 8.26. The summed E-state index contributed by atoms with van der Waals surface area (Å²) in [7, 11) is 0. The van der Waals surface area contributed by atoms with Gasteiger partial charge in [0.05, 0.1) is 12.1 Å². The van der Waals surface area contributed by atoms with E-state index in [1.165, 1.54) is 0 Å². The molecule has 2 unspecified atom stereocenters. The Bertz CT molecular complexity index is 816. The van der Waals surface area contributed by atoms with Crippen LogP contribution < -0.4 is 10.6 Å². The zero-order chi connectivity index (χ0) is 19.8. The van der Waals surface area contributed by atoms with Crippen molar-refractivity contribution in [2.45, 2.75) is 25.1 Å². The van der Waals surface area contributed by atoms with Gasteiger partial charge in [-0.3, -0.25) is 0 Å². The molecule has 0 saturated carbocycles. The molecule has 0 radical (unpaired) electrons. The molecule has 0 bridgehead atoms. The van der Waals surface area contributed by atoms with Gasteiger partial charge in [0.15, 0.2) is 0 Å². The van der Waals surface area contributed by atoms with Gasteiger partial charge in [0.2, 0.25) is 0 Å². The standard InChI is InChI=1S/C20H20F2N2O3/c1-2-13-4-3-5-14(6-13)11-23-12-19(25)18(24-20(26)27)9-15-7-16(21)10-17(22)8-15/h1,3-8,10,18-19,23-25H,9,11-12H2,(H,26,27). The first-order valence-electron chi connectivity index (χ1n) is 8.26. The maximum atomic E-state index is 13.3. The van der Waals surface area contributed by atoms with Crippen LogP contribution in [0.3, 0.4) is 0 Å². The summed E-state index contributed by atoms with van der Waals surface area (Å²) in [5.41, 5.74) is 1.88. The van der Waals surface area contributed by atoms with Gasteiger partial charge >= 0.3 is 6.09 Å². The van der Waals surface area contributed by atoms with Gasteiger partial charge in [0, 0.05) is 24.7 Å². The van der Waals surface area contributed by atoms with Crippen LogP contribution in [0.25, 0.3) is 0 Å². The number of benzene rings is 2. The lowest BCUT2D eigenvalue weighted by atomic mass is 10.0. The van der Waals surface area contributed by atoms with E-state index in [0.29, 0.717) is 6.54 Å². The number of halogens is 2. The third-order valence-corrected chi connectivity index (χ3v) is 3.93. The fourth-order valence-corrected chi connectivity index (χ4v) is 2.70. The SMILES string of the molecule is C#Cc1cccc(CNCC(O)C(Cc2cc(F)cc(F)c2)NC(=O)O)c1. The molecular formula is C20H20F2N2O3. The van der Waals surface area contributed by atoms with Crippen molar-refractivity contribution in [3.8, 4) is 12.3 Å². The van der Waals surface area contributed by atoms with Crippen LogP contribution in [0, 0.1) is 24.0 Å². The van der Waals surface area contributed by atoms with Crippen LogP contribution in [0.5, 0.6) is 0 Å². The molecule has 0 fully saturated rings. The number of aliphatic hydroxyl groups excluding tert-OH is 1. The van der Waals surface area contributed by atoms with Gasteiger partial charge in [-0.1, -0.05) is 18.1 Å². The second-order valence-corrected chi connectivity index (χ2v) is 6.08. The number of nitrogens with one attached hydrogen (secondary N) is 2. The van der Waals surface area contributed by atoms with Crippen molar-refractivity contribution in [1.82, 2.24) is 10.6 Å². The molecule has 2 aromatic carbocycles. The van der Waals surface area contributed by atoms with E-state index >= 15 is 0 Å². The third kappa shape index (κ3) is 6.70. The fourth-order valence-electron chi connectivity index (χ4n) is 2.70. The highest BCUT2D eigenvalue weighted by molar-refractivity contribution is 5.65. The first-order chi connectivity index (χ1) is 12.9. The predicted octanol–water partition coefficient (Wildman–Crippen LogP) is 2.28. The highest BCUT2D eigenvalue weighted by Gasteiger charge is 2.22. The lowest BCUT2D eigenvalue weighted by molar-refractivity contribution is 0.117. The summed E-state index contributed by atoms with van der Waals surface area (Å²) in [6.45, 7) is 0.490. The molecule has 2 atom stereocenters. The van der Waals surface area contributed by atoms with E-state index in [1.54, 1.807) is 6.07 Å². The molecule has 27 heavy (non-hydrogen) atoms. The summed E-state index contributed by atoms with van der Waals surface area (Å²) in [4.78, 5) is 11.0. The van der Waals surface area contributed by atoms with Crippen LogP contribution in [-0.4, -0.2) is 35.0 Å². The Morgan fingerprint density at radius 1 is 1.15 bits per heavy atom. The van der Waals surface area contributed by atoms with E-state index in [-0.39, 0.29) is 18.5 Å². The lowest BCUT2D eigenvalue weighted by Crippen LogP contribution is -2.48. The minimum absolute atomic E-state index is 0.0591. The van der Waals surface area contributed by atoms with E-state index in [2.05, 4.69) is 16.6 Å². The van der Waals surface area contributed by atoms with Crippen LogP contribution in [0.1, 0.15) is 16.7 Å². The zero-order valence-corrected chi connectivity index (χ0v) is 14.5. The van der Waals surface area contributed by atoms with Gasteiger partial charge in [-0.2, -0.15) is 0 Å². The topological polar surface area (TPSA) is 81.6 Å². The molecule has 7 heteroatoms. The molecule has 2 aromatic rings. The van der Waals surface area contributed by atoms with Crippen LogP contribution in [0.4, 0.5) is 13.6 Å². The number of carboxylic acid groups (broad SMARTS) is 1. The monoisotopic (exact) mass is 374 g/mol. The van der Waals surface area contributed by atoms with Gasteiger partial charge in [-0.25, -0.2) is 13.6 Å². The molecule has 0 aliphatic heterocycles. The van der Waals surface area contributed by atoms with E-state index in [9.17, 15) is 18.7 Å². The molecule has 5 nitrogen and oxygen atoms in total. The fraction of sp³-hybridized carbons (Fsp3) is 0.250. The summed E-state index contributed by atoms with van der Waals surface area (Å²) in [5, 5.41) is 24.5. The summed E-state index contributed by atoms with van der Waals surface area (Å²) in [5.74, 6) is 1.00. The number of carbonyl (C=O) groups is 1. The van der Waals surface area contributed by atoms with Crippen LogP contribution in [0.15, 0.2) is 42.5 Å². The summed E-state index contributed by atoms with van der Waals surface area (Å²) in [6.07, 6.45) is 2.85. The number of terminal acetylenes is 1. The second kappa shape index (κ2) is 9.67. The van der Waals surface area contributed by atoms with Gasteiger partial charge in [-0.05, 0) is 41.8 Å². The minimum Gasteiger partial charge on any atom is -0.465 e. The highest BCUT2D eigenvalue weighted by atomic mass is 19.1. The van der Waals surface area contributed by atoms with Crippen LogP contribution in [-0.2, 0) is 13.0 Å². The average Bonchev–Trinajstić information content (AvgIpc) is 2.60. The van der Waals surface area contributed by atoms with Crippen molar-refractivity contribution in [1.29, 1.82) is 0 Å². The molecule has 2 rings (SSSR count). The van der Waals surface area contributed by atoms with Crippen molar-refractivity contribution in [3.63, 3.8) is 0 Å². The Morgan fingerprint density at radius 3 is 2.48 bits per heavy atom. The van der Waals surface area contributed by atoms with Gasteiger partial charge in [0.25, 0.3) is 0 Å². The summed E-state index contributed by atoms with van der Waals surface area (Å²) in [6, 6.07) is 9.29. The van der Waals surface area contributed by atoms with E-state index in [1.807, 2.05) is 18.2 Å². The Labute approximate surface area is 156 Å². The predicted molar refractivity (Wildman–Crippen MR) is 97.1 cm³/mol. The maximum Gasteiger partial charge on any atom is 0.404 e. The largest absolute Gasteiger partial charge is 0.465 e. The molecule has 0 heterocycles. The first kappa shape index (κ1) is 20.4. The van der Waals surface area contributed by atoms with Gasteiger partial charge in [-0.15, -0.1) is 6.42 Å². The van der Waals surface area contributed by atoms with Crippen LogP contribution in [0.2, 0.25) is 0 Å². The van der Waals surface area contributed by atoms with Crippen molar-refractivity contribution >= 4 is 6.09 Å². The van der Waals surface area contributed by atoms with Crippen molar-refractivity contribution in [2.75, 3.05) is 6.54 Å². The molecule has 0 aliphatic carbocycles. The quantitative estimate of drug-likeness (QED) is 0.535. The zero-order valence-electron chi connectivity index (χ0n) is 14.5. The number of rotatable bonds is 8. The average molecular weight is 374 g/mol. The van der Waals surface area contributed by atoms with Crippen molar-refractivity contribution in [2.24, 2.45) is 0 Å². The molecule has 0 saturated heterocycles. The lowest BCUT2D eigenvalue weighted by Gasteiger charge is -2.23. The number of hydrogen-bond donors (Lipinski definition) is 4. The molecule has 0 spiro atoms. The van der Waals surface area contributed by atoms with Crippen molar-refractivity contribution < 1.29 is 23.8 Å². The van der Waals surface area contributed by atoms with E-state index in [4.69, 9.17) is 11.5 Å². The minimum atomic E-state index is -1.34.